The summed E-state index contributed by atoms with van der Waals surface area (Å²) in [5.74, 6) is 0. The van der Waals surface area contributed by atoms with Crippen molar-refractivity contribution >= 4 is 0 Å². The van der Waals surface area contributed by atoms with Gasteiger partial charge in [0.1, 0.15) is 0 Å². The summed E-state index contributed by atoms with van der Waals surface area (Å²) in [5.41, 5.74) is 0. The Balaban J connectivity index is 2.46. The second-order valence-electron chi connectivity index (χ2n) is 4.93. The van der Waals surface area contributed by atoms with E-state index >= 15 is 0 Å². The number of ether oxygens (including phenoxy) is 1. The lowest BCUT2D eigenvalue weighted by Crippen LogP contribution is -2.52. The fraction of sp³-hybridized carbons (Fsp3) is 1.00. The largest absolute Gasteiger partial charge is 0.376 e. The topological polar surface area (TPSA) is 24.5 Å². The third kappa shape index (κ3) is 4.04. The number of hydrogen-bond donors (Lipinski definition) is 1. The van der Waals surface area contributed by atoms with E-state index in [2.05, 4.69) is 38.0 Å². The lowest BCUT2D eigenvalue weighted by atomic mass is 10.1. The molecule has 3 heteroatoms. The van der Waals surface area contributed by atoms with Gasteiger partial charge in [-0.2, -0.15) is 0 Å². The normalized spacial score (nSPS) is 29.2. The van der Waals surface area contributed by atoms with E-state index < -0.39 is 0 Å². The average Bonchev–Trinajstić information content (AvgIpc) is 2.29. The molecule has 96 valence electrons. The van der Waals surface area contributed by atoms with Crippen molar-refractivity contribution in [2.45, 2.75) is 58.2 Å². The molecule has 0 amide bonds. The van der Waals surface area contributed by atoms with Gasteiger partial charge in [0.15, 0.2) is 0 Å². The highest BCUT2D eigenvalue weighted by Gasteiger charge is 2.26. The maximum atomic E-state index is 5.72. The smallest absolute Gasteiger partial charge is 0.0674 e. The van der Waals surface area contributed by atoms with Crippen LogP contribution in [-0.4, -0.2) is 49.8 Å². The van der Waals surface area contributed by atoms with Crippen LogP contribution in [0.25, 0.3) is 0 Å². The van der Waals surface area contributed by atoms with Gasteiger partial charge < -0.3 is 10.1 Å². The Hall–Kier alpha value is -0.120. The van der Waals surface area contributed by atoms with Crippen LogP contribution in [-0.2, 0) is 4.74 Å². The summed E-state index contributed by atoms with van der Waals surface area (Å²) in [6.07, 6.45) is 4.10. The van der Waals surface area contributed by atoms with E-state index in [1.165, 1.54) is 19.3 Å². The molecule has 1 aliphatic rings. The minimum atomic E-state index is 0.391. The molecular weight excluding hydrogens is 200 g/mol. The molecular formula is C13H28N2O. The molecule has 0 spiro atoms. The number of nitrogens with one attached hydrogen (secondary N) is 1. The van der Waals surface area contributed by atoms with E-state index in [1.807, 2.05) is 0 Å². The Kier molecular flexibility index (Phi) is 6.32. The van der Waals surface area contributed by atoms with Gasteiger partial charge in [-0.3, -0.25) is 4.90 Å². The third-order valence-electron chi connectivity index (χ3n) is 3.55. The van der Waals surface area contributed by atoms with E-state index in [-0.39, 0.29) is 0 Å². The fourth-order valence-corrected chi connectivity index (χ4v) is 2.47. The minimum Gasteiger partial charge on any atom is -0.376 e. The van der Waals surface area contributed by atoms with Crippen LogP contribution >= 0.6 is 0 Å². The van der Waals surface area contributed by atoms with E-state index in [9.17, 15) is 0 Å². The van der Waals surface area contributed by atoms with Crippen LogP contribution in [0, 0.1) is 0 Å². The SMILES string of the molecule is CCCC(CN1CC(C)OCC1CC)NC. The molecule has 0 radical (unpaired) electrons. The summed E-state index contributed by atoms with van der Waals surface area (Å²) < 4.78 is 5.72. The van der Waals surface area contributed by atoms with Gasteiger partial charge in [0.05, 0.1) is 12.7 Å². The highest BCUT2D eigenvalue weighted by Crippen LogP contribution is 2.15. The first-order valence-corrected chi connectivity index (χ1v) is 6.74. The number of hydrogen-bond acceptors (Lipinski definition) is 3. The predicted molar refractivity (Wildman–Crippen MR) is 68.8 cm³/mol. The molecule has 1 aliphatic heterocycles. The summed E-state index contributed by atoms with van der Waals surface area (Å²) in [7, 11) is 2.07. The van der Waals surface area contributed by atoms with Crippen molar-refractivity contribution in [3.63, 3.8) is 0 Å². The summed E-state index contributed by atoms with van der Waals surface area (Å²) in [6.45, 7) is 9.83. The van der Waals surface area contributed by atoms with E-state index in [0.29, 0.717) is 18.2 Å². The molecule has 3 atom stereocenters. The van der Waals surface area contributed by atoms with Crippen molar-refractivity contribution in [1.29, 1.82) is 0 Å². The van der Waals surface area contributed by atoms with Crippen molar-refractivity contribution in [1.82, 2.24) is 10.2 Å². The molecule has 0 bridgehead atoms. The van der Waals surface area contributed by atoms with Crippen molar-refractivity contribution in [2.75, 3.05) is 26.7 Å². The Morgan fingerprint density at radius 2 is 2.19 bits per heavy atom. The Morgan fingerprint density at radius 1 is 1.44 bits per heavy atom. The molecule has 3 nitrogen and oxygen atoms in total. The molecule has 1 saturated heterocycles. The van der Waals surface area contributed by atoms with Crippen LogP contribution in [0.3, 0.4) is 0 Å². The van der Waals surface area contributed by atoms with Crippen LogP contribution in [0.2, 0.25) is 0 Å². The Morgan fingerprint density at radius 3 is 2.75 bits per heavy atom. The van der Waals surface area contributed by atoms with Gasteiger partial charge >= 0.3 is 0 Å². The fourth-order valence-electron chi connectivity index (χ4n) is 2.47. The van der Waals surface area contributed by atoms with Crippen molar-refractivity contribution < 1.29 is 4.74 Å². The molecule has 0 aromatic carbocycles. The summed E-state index contributed by atoms with van der Waals surface area (Å²) >= 11 is 0. The molecule has 3 unspecified atom stereocenters. The zero-order valence-corrected chi connectivity index (χ0v) is 11.3. The maximum absolute atomic E-state index is 5.72. The molecule has 1 fully saturated rings. The van der Waals surface area contributed by atoms with E-state index in [1.54, 1.807) is 0 Å². The van der Waals surface area contributed by atoms with Crippen LogP contribution < -0.4 is 5.32 Å². The average molecular weight is 228 g/mol. The maximum Gasteiger partial charge on any atom is 0.0674 e. The second kappa shape index (κ2) is 7.25. The molecule has 0 aromatic rings. The molecule has 1 heterocycles. The molecule has 1 rings (SSSR count). The standard InChI is InChI=1S/C13H28N2O/c1-5-7-12(14-4)9-15-8-11(3)16-10-13(15)6-2/h11-14H,5-10H2,1-4H3. The van der Waals surface area contributed by atoms with Crippen LogP contribution in [0.5, 0.6) is 0 Å². The molecule has 16 heavy (non-hydrogen) atoms. The number of morpholine rings is 1. The first kappa shape index (κ1) is 13.9. The zero-order valence-electron chi connectivity index (χ0n) is 11.3. The highest BCUT2D eigenvalue weighted by molar-refractivity contribution is 4.81. The Bertz CT molecular complexity index is 187. The first-order valence-electron chi connectivity index (χ1n) is 6.74. The quantitative estimate of drug-likeness (QED) is 0.751. The minimum absolute atomic E-state index is 0.391. The molecule has 0 aromatic heterocycles. The molecule has 0 saturated carbocycles. The second-order valence-corrected chi connectivity index (χ2v) is 4.93. The molecule has 1 N–H and O–H groups in total. The third-order valence-corrected chi connectivity index (χ3v) is 3.55. The van der Waals surface area contributed by atoms with Gasteiger partial charge in [0.25, 0.3) is 0 Å². The first-order chi connectivity index (χ1) is 7.71. The van der Waals surface area contributed by atoms with Gasteiger partial charge in [0.2, 0.25) is 0 Å². The van der Waals surface area contributed by atoms with Crippen molar-refractivity contribution in [2.24, 2.45) is 0 Å². The van der Waals surface area contributed by atoms with Crippen molar-refractivity contribution in [3.05, 3.63) is 0 Å². The summed E-state index contributed by atoms with van der Waals surface area (Å²) in [5, 5.41) is 3.43. The van der Waals surface area contributed by atoms with Crippen LogP contribution in [0.15, 0.2) is 0 Å². The van der Waals surface area contributed by atoms with Crippen molar-refractivity contribution in [3.8, 4) is 0 Å². The van der Waals surface area contributed by atoms with Gasteiger partial charge in [-0.1, -0.05) is 20.3 Å². The monoisotopic (exact) mass is 228 g/mol. The van der Waals surface area contributed by atoms with Crippen LogP contribution in [0.4, 0.5) is 0 Å². The predicted octanol–water partition coefficient (Wildman–Crippen LogP) is 1.87. The summed E-state index contributed by atoms with van der Waals surface area (Å²) in [4.78, 5) is 2.60. The van der Waals surface area contributed by atoms with Crippen LogP contribution in [0.1, 0.15) is 40.0 Å². The number of rotatable bonds is 6. The zero-order chi connectivity index (χ0) is 12.0. The number of likely N-dealkylation sites (N-methyl/N-ethyl adjacent to an activating group) is 1. The van der Waals surface area contributed by atoms with Gasteiger partial charge in [-0.15, -0.1) is 0 Å². The number of nitrogens with zero attached hydrogens (tertiary/aromatic N) is 1. The van der Waals surface area contributed by atoms with Gasteiger partial charge in [-0.05, 0) is 26.8 Å². The Labute approximate surface area is 101 Å². The van der Waals surface area contributed by atoms with Gasteiger partial charge in [-0.25, -0.2) is 0 Å². The lowest BCUT2D eigenvalue weighted by Gasteiger charge is -2.40. The van der Waals surface area contributed by atoms with E-state index in [4.69, 9.17) is 4.74 Å². The van der Waals surface area contributed by atoms with Gasteiger partial charge in [0, 0.05) is 25.2 Å². The van der Waals surface area contributed by atoms with E-state index in [0.717, 1.165) is 19.7 Å². The lowest BCUT2D eigenvalue weighted by molar-refractivity contribution is -0.0585. The molecule has 0 aliphatic carbocycles. The highest BCUT2D eigenvalue weighted by atomic mass is 16.5. The summed E-state index contributed by atoms with van der Waals surface area (Å²) in [6, 6.07) is 1.24.